The molecule has 3 aromatic carbocycles. The van der Waals surface area contributed by atoms with Gasteiger partial charge in [-0.1, -0.05) is 60.7 Å². The van der Waals surface area contributed by atoms with E-state index < -0.39 is 7.69 Å². The van der Waals surface area contributed by atoms with Crippen molar-refractivity contribution >= 4 is 29.2 Å². The van der Waals surface area contributed by atoms with Crippen LogP contribution in [0.3, 0.4) is 0 Å². The van der Waals surface area contributed by atoms with Gasteiger partial charge in [-0.05, 0) is 21.5 Å². The van der Waals surface area contributed by atoms with E-state index in [2.05, 4.69) is 60.7 Å². The molecule has 0 aliphatic carbocycles. The monoisotopic (exact) mass is 224 g/mol. The number of benzene rings is 3. The van der Waals surface area contributed by atoms with Crippen LogP contribution >= 0.6 is 0 Å². The van der Waals surface area contributed by atoms with Gasteiger partial charge in [0, 0.05) is 0 Å². The van der Waals surface area contributed by atoms with Crippen LogP contribution in [-0.2, 0) is 0 Å². The molecule has 0 spiro atoms. The first kappa shape index (κ1) is 11.6. The standard InChI is InChI=1S/C14H10.BH3O2/c1-3-7-13-11(5-1)9-10-12-6-2-4-8-14(12)13;2-1-3/h1-10H;1-3H. The molecule has 0 atom stereocenters. The minimum absolute atomic E-state index is 0.750. The van der Waals surface area contributed by atoms with E-state index >= 15 is 0 Å². The Morgan fingerprint density at radius 2 is 0.941 bits per heavy atom. The fourth-order valence-corrected chi connectivity index (χ4v) is 1.95. The van der Waals surface area contributed by atoms with E-state index in [-0.39, 0.29) is 0 Å². The fourth-order valence-electron chi connectivity index (χ4n) is 1.95. The second-order valence-corrected chi connectivity index (χ2v) is 3.65. The maximum absolute atomic E-state index is 7.12. The Kier molecular flexibility index (Phi) is 3.75. The highest BCUT2D eigenvalue weighted by Gasteiger charge is 1.97. The number of hydrogen-bond donors (Lipinski definition) is 2. The van der Waals surface area contributed by atoms with Gasteiger partial charge >= 0.3 is 7.69 Å². The normalized spacial score (nSPS) is 9.76. The van der Waals surface area contributed by atoms with Crippen LogP contribution in [0.2, 0.25) is 0 Å². The van der Waals surface area contributed by atoms with Crippen LogP contribution in [0, 0.1) is 0 Å². The van der Waals surface area contributed by atoms with Crippen LogP contribution in [-0.4, -0.2) is 17.7 Å². The van der Waals surface area contributed by atoms with E-state index in [4.69, 9.17) is 10.0 Å². The van der Waals surface area contributed by atoms with Gasteiger partial charge in [-0.25, -0.2) is 0 Å². The summed E-state index contributed by atoms with van der Waals surface area (Å²) in [7, 11) is -0.750. The molecule has 3 aromatic rings. The van der Waals surface area contributed by atoms with Crippen molar-refractivity contribution in [1.29, 1.82) is 0 Å². The molecule has 0 heterocycles. The zero-order valence-electron chi connectivity index (χ0n) is 9.38. The summed E-state index contributed by atoms with van der Waals surface area (Å²) in [5.41, 5.74) is 0. The molecule has 2 nitrogen and oxygen atoms in total. The van der Waals surface area contributed by atoms with Gasteiger partial charge in [-0.3, -0.25) is 0 Å². The maximum Gasteiger partial charge on any atom is 0.432 e. The summed E-state index contributed by atoms with van der Waals surface area (Å²) in [5, 5.41) is 19.5. The molecule has 3 heteroatoms. The second-order valence-electron chi connectivity index (χ2n) is 3.65. The van der Waals surface area contributed by atoms with Gasteiger partial charge in [0.25, 0.3) is 0 Å². The third-order valence-corrected chi connectivity index (χ3v) is 2.65. The lowest BCUT2D eigenvalue weighted by Crippen LogP contribution is -1.75. The van der Waals surface area contributed by atoms with Crippen LogP contribution in [0.25, 0.3) is 21.5 Å². The van der Waals surface area contributed by atoms with E-state index in [1.54, 1.807) is 0 Å². The first-order chi connectivity index (χ1) is 8.36. The minimum Gasteiger partial charge on any atom is -0.430 e. The third kappa shape index (κ3) is 2.46. The molecular formula is C14H13BO2. The zero-order valence-corrected chi connectivity index (χ0v) is 9.38. The summed E-state index contributed by atoms with van der Waals surface area (Å²) in [6, 6.07) is 21.4. The van der Waals surface area contributed by atoms with Crippen LogP contribution < -0.4 is 0 Å². The molecule has 0 aromatic heterocycles. The molecular weight excluding hydrogens is 211 g/mol. The summed E-state index contributed by atoms with van der Waals surface area (Å²) in [4.78, 5) is 0. The molecule has 0 saturated heterocycles. The molecule has 17 heavy (non-hydrogen) atoms. The van der Waals surface area contributed by atoms with Gasteiger partial charge in [0.15, 0.2) is 0 Å². The Bertz CT molecular complexity index is 568. The van der Waals surface area contributed by atoms with Crippen molar-refractivity contribution in [2.24, 2.45) is 0 Å². The Morgan fingerprint density at radius 1 is 0.588 bits per heavy atom. The summed E-state index contributed by atoms with van der Waals surface area (Å²) >= 11 is 0. The molecule has 0 unspecified atom stereocenters. The molecule has 0 saturated carbocycles. The first-order valence-electron chi connectivity index (χ1n) is 5.45. The highest BCUT2D eigenvalue weighted by atomic mass is 16.4. The smallest absolute Gasteiger partial charge is 0.430 e. The Labute approximate surface area is 100 Å². The van der Waals surface area contributed by atoms with Gasteiger partial charge in [0.05, 0.1) is 0 Å². The summed E-state index contributed by atoms with van der Waals surface area (Å²) < 4.78 is 0. The second kappa shape index (κ2) is 5.48. The molecule has 84 valence electrons. The number of fused-ring (bicyclic) bond motifs is 3. The largest absolute Gasteiger partial charge is 0.432 e. The van der Waals surface area contributed by atoms with E-state index in [0.29, 0.717) is 0 Å². The molecule has 0 aliphatic heterocycles. The molecule has 0 amide bonds. The van der Waals surface area contributed by atoms with Crippen molar-refractivity contribution in [3.8, 4) is 0 Å². The van der Waals surface area contributed by atoms with Crippen LogP contribution in [0.5, 0.6) is 0 Å². The number of rotatable bonds is 0. The quantitative estimate of drug-likeness (QED) is 0.454. The summed E-state index contributed by atoms with van der Waals surface area (Å²) in [6.45, 7) is 0. The summed E-state index contributed by atoms with van der Waals surface area (Å²) in [6.07, 6.45) is 0. The highest BCUT2D eigenvalue weighted by Crippen LogP contribution is 2.24. The van der Waals surface area contributed by atoms with Crippen molar-refractivity contribution in [3.63, 3.8) is 0 Å². The molecule has 0 bridgehead atoms. The SMILES string of the molecule is OBO.c1ccc2c(c1)ccc1ccccc12. The van der Waals surface area contributed by atoms with Crippen LogP contribution in [0.1, 0.15) is 0 Å². The highest BCUT2D eigenvalue weighted by molar-refractivity contribution is 6.13. The Hall–Kier alpha value is -1.84. The predicted molar refractivity (Wildman–Crippen MR) is 73.0 cm³/mol. The van der Waals surface area contributed by atoms with Crippen LogP contribution in [0.15, 0.2) is 60.7 Å². The molecule has 0 radical (unpaired) electrons. The van der Waals surface area contributed by atoms with Crippen molar-refractivity contribution in [1.82, 2.24) is 0 Å². The van der Waals surface area contributed by atoms with Crippen LogP contribution in [0.4, 0.5) is 0 Å². The third-order valence-electron chi connectivity index (χ3n) is 2.65. The first-order valence-corrected chi connectivity index (χ1v) is 5.45. The molecule has 0 aliphatic rings. The van der Waals surface area contributed by atoms with Crippen molar-refractivity contribution in [2.45, 2.75) is 0 Å². The van der Waals surface area contributed by atoms with Crippen molar-refractivity contribution in [3.05, 3.63) is 60.7 Å². The van der Waals surface area contributed by atoms with E-state index in [1.807, 2.05) is 0 Å². The molecule has 0 fully saturated rings. The van der Waals surface area contributed by atoms with Gasteiger partial charge in [-0.15, -0.1) is 0 Å². The molecule has 2 N–H and O–H groups in total. The van der Waals surface area contributed by atoms with Gasteiger partial charge < -0.3 is 10.0 Å². The minimum atomic E-state index is -0.750. The van der Waals surface area contributed by atoms with E-state index in [1.165, 1.54) is 21.5 Å². The molecule has 3 rings (SSSR count). The van der Waals surface area contributed by atoms with E-state index in [0.717, 1.165) is 0 Å². The zero-order chi connectivity index (χ0) is 12.1. The lowest BCUT2D eigenvalue weighted by molar-refractivity contribution is 0.448. The lowest BCUT2D eigenvalue weighted by atomic mass is 10.0. The number of hydrogen-bond acceptors (Lipinski definition) is 2. The van der Waals surface area contributed by atoms with Crippen molar-refractivity contribution in [2.75, 3.05) is 0 Å². The van der Waals surface area contributed by atoms with E-state index in [9.17, 15) is 0 Å². The average Bonchev–Trinajstić information content (AvgIpc) is 2.40. The Balaban J connectivity index is 0.000000329. The van der Waals surface area contributed by atoms with Gasteiger partial charge in [0.1, 0.15) is 0 Å². The fraction of sp³-hybridized carbons (Fsp3) is 0. The van der Waals surface area contributed by atoms with Gasteiger partial charge in [0.2, 0.25) is 0 Å². The predicted octanol–water partition coefficient (Wildman–Crippen LogP) is 2.23. The average molecular weight is 224 g/mol. The Morgan fingerprint density at radius 3 is 1.35 bits per heavy atom. The maximum atomic E-state index is 7.12. The topological polar surface area (TPSA) is 40.5 Å². The van der Waals surface area contributed by atoms with Gasteiger partial charge in [-0.2, -0.15) is 0 Å². The lowest BCUT2D eigenvalue weighted by Gasteiger charge is -2.02. The summed E-state index contributed by atoms with van der Waals surface area (Å²) in [5.74, 6) is 0. The van der Waals surface area contributed by atoms with Crippen molar-refractivity contribution < 1.29 is 10.0 Å².